The Bertz CT molecular complexity index is 2320. The van der Waals surface area contributed by atoms with Gasteiger partial charge in [-0.25, -0.2) is 0 Å². The summed E-state index contributed by atoms with van der Waals surface area (Å²) >= 11 is 0. The molecule has 3 aromatic heterocycles. The zero-order chi connectivity index (χ0) is 37.9. The van der Waals surface area contributed by atoms with Crippen LogP contribution in [0.1, 0.15) is 77.3 Å². The van der Waals surface area contributed by atoms with Crippen LogP contribution in [0, 0.1) is 24.0 Å². The number of ketones is 1. The van der Waals surface area contributed by atoms with Gasteiger partial charge in [-0.15, -0.1) is 54.1 Å². The minimum atomic E-state index is 0. The van der Waals surface area contributed by atoms with E-state index in [1.807, 2.05) is 88.6 Å². The molecule has 285 valence electrons. The summed E-state index contributed by atoms with van der Waals surface area (Å²) in [5, 5.41) is 14.4. The van der Waals surface area contributed by atoms with Crippen molar-refractivity contribution in [1.82, 2.24) is 9.97 Å². The van der Waals surface area contributed by atoms with E-state index in [1.165, 1.54) is 22.6 Å². The molecule has 55 heavy (non-hydrogen) atoms. The molecule has 1 radical (unpaired) electrons. The number of benzene rings is 4. The summed E-state index contributed by atoms with van der Waals surface area (Å²) in [5.41, 5.74) is 8.10. The first-order valence-electron chi connectivity index (χ1n) is 19.5. The fourth-order valence-electron chi connectivity index (χ4n) is 7.22. The van der Waals surface area contributed by atoms with E-state index in [0.717, 1.165) is 101 Å². The van der Waals surface area contributed by atoms with Crippen molar-refractivity contribution in [3.8, 4) is 22.5 Å². The van der Waals surface area contributed by atoms with Crippen LogP contribution in [-0.2, 0) is 37.7 Å². The summed E-state index contributed by atoms with van der Waals surface area (Å²) in [4.78, 5) is 21.3. The Labute approximate surface area is 339 Å². The van der Waals surface area contributed by atoms with Gasteiger partial charge in [0.1, 0.15) is 5.58 Å². The van der Waals surface area contributed by atoms with Crippen LogP contribution >= 0.6 is 0 Å². The molecular weight excluding hydrogens is 857 g/mol. The summed E-state index contributed by atoms with van der Waals surface area (Å²) in [6.45, 7) is 8.07. The summed E-state index contributed by atoms with van der Waals surface area (Å²) in [5.74, 6) is 0.547. The average molecular weight is 907 g/mol. The SMILES string of the molecule is CCC(CC)C(=O)/C=C(\O)C(CC)CC.[Ir].[c-]1ccccc1-c1ccc(CCCCc2cnc(-c3[c-]ccc4c3oc3ccccc34)c3ccccc23)cn1. The van der Waals surface area contributed by atoms with Gasteiger partial charge in [-0.2, -0.15) is 0 Å². The molecule has 0 saturated carbocycles. The molecular formula is C49H50IrN2O3-2. The third kappa shape index (κ3) is 9.86. The zero-order valence-corrected chi connectivity index (χ0v) is 34.7. The second kappa shape index (κ2) is 20.1. The van der Waals surface area contributed by atoms with Crippen LogP contribution in [0.5, 0.6) is 0 Å². The van der Waals surface area contributed by atoms with E-state index in [4.69, 9.17) is 9.40 Å². The van der Waals surface area contributed by atoms with Gasteiger partial charge in [0.25, 0.3) is 0 Å². The second-order valence-electron chi connectivity index (χ2n) is 13.9. The van der Waals surface area contributed by atoms with Gasteiger partial charge in [0.05, 0.1) is 11.3 Å². The smallest absolute Gasteiger partial charge is 0.162 e. The van der Waals surface area contributed by atoms with Crippen LogP contribution in [0.4, 0.5) is 0 Å². The number of carbonyl (C=O) groups is 1. The van der Waals surface area contributed by atoms with Crippen molar-refractivity contribution in [2.24, 2.45) is 11.8 Å². The molecule has 0 atom stereocenters. The van der Waals surface area contributed by atoms with Crippen molar-refractivity contribution in [3.63, 3.8) is 0 Å². The van der Waals surface area contributed by atoms with E-state index in [1.54, 1.807) is 0 Å². The van der Waals surface area contributed by atoms with Crippen LogP contribution in [0.3, 0.4) is 0 Å². The summed E-state index contributed by atoms with van der Waals surface area (Å²) < 4.78 is 6.29. The Morgan fingerprint density at radius 1 is 0.709 bits per heavy atom. The largest absolute Gasteiger partial charge is 0.512 e. The zero-order valence-electron chi connectivity index (χ0n) is 32.3. The van der Waals surface area contributed by atoms with Crippen molar-refractivity contribution in [2.75, 3.05) is 0 Å². The molecule has 4 aromatic carbocycles. The third-order valence-corrected chi connectivity index (χ3v) is 10.5. The van der Waals surface area contributed by atoms with E-state index < -0.39 is 0 Å². The maximum absolute atomic E-state index is 11.7. The first kappa shape index (κ1) is 41.3. The third-order valence-electron chi connectivity index (χ3n) is 10.5. The molecule has 7 rings (SSSR count). The van der Waals surface area contributed by atoms with E-state index >= 15 is 0 Å². The quantitative estimate of drug-likeness (QED) is 0.0509. The number of para-hydroxylation sites is 1. The van der Waals surface area contributed by atoms with Gasteiger partial charge >= 0.3 is 0 Å². The molecule has 0 fully saturated rings. The number of nitrogens with zero attached hydrogens (tertiary/aromatic N) is 2. The number of fused-ring (bicyclic) bond motifs is 4. The molecule has 0 amide bonds. The molecule has 0 aliphatic rings. The van der Waals surface area contributed by atoms with E-state index in [9.17, 15) is 9.90 Å². The van der Waals surface area contributed by atoms with Crippen molar-refractivity contribution in [1.29, 1.82) is 0 Å². The van der Waals surface area contributed by atoms with Crippen LogP contribution in [0.2, 0.25) is 0 Å². The maximum Gasteiger partial charge on any atom is 0.162 e. The van der Waals surface area contributed by atoms with Crippen molar-refractivity contribution in [3.05, 3.63) is 145 Å². The Morgan fingerprint density at radius 2 is 1.40 bits per heavy atom. The van der Waals surface area contributed by atoms with Gasteiger partial charge in [-0.3, -0.25) is 4.79 Å². The van der Waals surface area contributed by atoms with Gasteiger partial charge in [-0.1, -0.05) is 93.2 Å². The molecule has 0 spiro atoms. The molecule has 0 aliphatic carbocycles. The van der Waals surface area contributed by atoms with Gasteiger partial charge in [0, 0.05) is 55.8 Å². The number of aromatic nitrogens is 2. The fourth-order valence-corrected chi connectivity index (χ4v) is 7.22. The van der Waals surface area contributed by atoms with Gasteiger partial charge in [0.2, 0.25) is 0 Å². The number of unbranched alkanes of at least 4 members (excludes halogenated alkanes) is 1. The maximum atomic E-state index is 11.7. The molecule has 1 N–H and O–H groups in total. The molecule has 7 aromatic rings. The fraction of sp³-hybridized carbons (Fsp3) is 0.286. The Hall–Kier alpha value is -4.90. The van der Waals surface area contributed by atoms with Gasteiger partial charge < -0.3 is 19.5 Å². The number of aryl methyl sites for hydroxylation is 2. The predicted molar refractivity (Wildman–Crippen MR) is 222 cm³/mol. The van der Waals surface area contributed by atoms with Crippen molar-refractivity contribution >= 4 is 38.5 Å². The Morgan fingerprint density at radius 3 is 2.09 bits per heavy atom. The number of aliphatic hydroxyl groups is 1. The van der Waals surface area contributed by atoms with Gasteiger partial charge in [-0.05, 0) is 90.7 Å². The number of pyridine rings is 2. The van der Waals surface area contributed by atoms with Gasteiger partial charge in [0.15, 0.2) is 5.78 Å². The minimum Gasteiger partial charge on any atom is -0.512 e. The Kier molecular flexibility index (Phi) is 15.1. The topological polar surface area (TPSA) is 76.2 Å². The normalized spacial score (nSPS) is 11.6. The number of carbonyl (C=O) groups excluding carboxylic acids is 1. The Balaban J connectivity index is 0.000000311. The number of rotatable bonds is 14. The van der Waals surface area contributed by atoms with Crippen LogP contribution in [0.15, 0.2) is 126 Å². The molecule has 5 nitrogen and oxygen atoms in total. The standard InChI is InChI=1S/C36H26N2O.C13H24O2.Ir/c1-2-12-26(13-3-1)33-22-21-25(23-37-33)11-4-5-14-27-24-38-35(30-17-7-6-15-28(27)30)32-19-10-18-31-29-16-8-9-20-34(29)39-36(31)32;1-5-10(6-2)12(14)9-13(15)11(7-3)8-4;/h1-3,6-10,12,15-18,20-24H,4-5,11,14H2;9-11,14H,5-8H2,1-4H3;/q-2;;/b;12-9-;. The minimum absolute atomic E-state index is 0. The summed E-state index contributed by atoms with van der Waals surface area (Å²) in [7, 11) is 0. The first-order valence-corrected chi connectivity index (χ1v) is 19.5. The van der Waals surface area contributed by atoms with Crippen molar-refractivity contribution < 1.29 is 34.4 Å². The second-order valence-corrected chi connectivity index (χ2v) is 13.9. The molecule has 6 heteroatoms. The number of allylic oxidation sites excluding steroid dienone is 2. The van der Waals surface area contributed by atoms with E-state index in [2.05, 4.69) is 65.6 Å². The van der Waals surface area contributed by atoms with E-state index in [-0.39, 0.29) is 43.5 Å². The number of hydrogen-bond donors (Lipinski definition) is 1. The van der Waals surface area contributed by atoms with Crippen LogP contribution < -0.4 is 0 Å². The summed E-state index contributed by atoms with van der Waals surface area (Å²) in [6.07, 6.45) is 13.1. The number of furan rings is 1. The van der Waals surface area contributed by atoms with Crippen LogP contribution in [-0.4, -0.2) is 20.9 Å². The molecule has 0 saturated heterocycles. The van der Waals surface area contributed by atoms with Crippen LogP contribution in [0.25, 0.3) is 55.2 Å². The predicted octanol–water partition coefficient (Wildman–Crippen LogP) is 12.9. The van der Waals surface area contributed by atoms with E-state index in [0.29, 0.717) is 0 Å². The average Bonchev–Trinajstić information content (AvgIpc) is 3.60. The summed E-state index contributed by atoms with van der Waals surface area (Å²) in [6, 6.07) is 39.7. The molecule has 3 heterocycles. The molecule has 0 aliphatic heterocycles. The first-order chi connectivity index (χ1) is 26.4. The van der Waals surface area contributed by atoms with Crippen molar-refractivity contribution in [2.45, 2.75) is 79.1 Å². The molecule has 0 bridgehead atoms. The monoisotopic (exact) mass is 907 g/mol. The number of aliphatic hydroxyl groups excluding tert-OH is 1. The molecule has 0 unspecified atom stereocenters. The number of hydrogen-bond acceptors (Lipinski definition) is 5.